The fourth-order valence-corrected chi connectivity index (χ4v) is 1.28. The van der Waals surface area contributed by atoms with Gasteiger partial charge in [0.25, 0.3) is 0 Å². The number of hydrogen-bond acceptors (Lipinski definition) is 4. The van der Waals surface area contributed by atoms with Crippen molar-refractivity contribution in [1.29, 1.82) is 0 Å². The molecule has 0 saturated heterocycles. The molecule has 0 aliphatic rings. The van der Waals surface area contributed by atoms with Crippen LogP contribution in [-0.2, 0) is 9.59 Å². The highest BCUT2D eigenvalue weighted by molar-refractivity contribution is 6.32. The normalized spacial score (nSPS) is 11.0. The van der Waals surface area contributed by atoms with Crippen LogP contribution in [0.25, 0.3) is 0 Å². The zero-order valence-corrected chi connectivity index (χ0v) is 9.73. The van der Waals surface area contributed by atoms with Crippen molar-refractivity contribution in [2.75, 3.05) is 0 Å². The Morgan fingerprint density at radius 1 is 1.19 bits per heavy atom. The summed E-state index contributed by atoms with van der Waals surface area (Å²) < 4.78 is 0. The third-order valence-electron chi connectivity index (χ3n) is 1.90. The highest BCUT2D eigenvalue weighted by Crippen LogP contribution is 2.24. The van der Waals surface area contributed by atoms with Crippen molar-refractivity contribution in [3.63, 3.8) is 0 Å². The molecule has 0 atom stereocenters. The van der Waals surface area contributed by atoms with Gasteiger partial charge in [0.15, 0.2) is 17.6 Å². The Hall–Kier alpha value is -1.55. The number of azo groups is 1. The first kappa shape index (κ1) is 12.5. The minimum absolute atomic E-state index is 0.330. The molecule has 84 valence electrons. The Balaban J connectivity index is 2.91. The molecular weight excluding hydrogens is 228 g/mol. The Bertz CT molecular complexity index is 429. The second-order valence-electron chi connectivity index (χ2n) is 3.29. The average molecular weight is 239 g/mol. The molecule has 0 saturated carbocycles. The van der Waals surface area contributed by atoms with E-state index in [9.17, 15) is 9.59 Å². The topological polar surface area (TPSA) is 58.9 Å². The lowest BCUT2D eigenvalue weighted by molar-refractivity contribution is -0.126. The van der Waals surface area contributed by atoms with Crippen LogP contribution in [0.1, 0.15) is 13.8 Å². The van der Waals surface area contributed by atoms with Crippen LogP contribution in [0, 0.1) is 0 Å². The molecule has 0 aliphatic carbocycles. The van der Waals surface area contributed by atoms with E-state index in [1.54, 1.807) is 24.3 Å². The smallest absolute Gasteiger partial charge is 0.187 e. The predicted octanol–water partition coefficient (Wildman–Crippen LogP) is 2.97. The number of nitrogens with zero attached hydrogens (tertiary/aromatic N) is 2. The number of ketones is 2. The monoisotopic (exact) mass is 238 g/mol. The third-order valence-corrected chi connectivity index (χ3v) is 2.22. The van der Waals surface area contributed by atoms with Crippen LogP contribution >= 0.6 is 11.6 Å². The maximum atomic E-state index is 11.1. The molecule has 0 N–H and O–H groups in total. The van der Waals surface area contributed by atoms with Gasteiger partial charge in [-0.3, -0.25) is 9.59 Å². The van der Waals surface area contributed by atoms with Gasteiger partial charge in [0.1, 0.15) is 5.69 Å². The second-order valence-corrected chi connectivity index (χ2v) is 3.70. The molecule has 0 heterocycles. The average Bonchev–Trinajstić information content (AvgIpc) is 2.20. The molecule has 0 amide bonds. The van der Waals surface area contributed by atoms with Crippen LogP contribution in [0.4, 0.5) is 5.69 Å². The Morgan fingerprint density at radius 2 is 1.75 bits per heavy atom. The van der Waals surface area contributed by atoms with E-state index >= 15 is 0 Å². The van der Waals surface area contributed by atoms with Crippen molar-refractivity contribution < 1.29 is 9.59 Å². The maximum Gasteiger partial charge on any atom is 0.187 e. The van der Waals surface area contributed by atoms with Crippen LogP contribution in [0.2, 0.25) is 5.02 Å². The summed E-state index contributed by atoms with van der Waals surface area (Å²) in [6, 6.07) is 5.79. The summed E-state index contributed by atoms with van der Waals surface area (Å²) in [7, 11) is 0. The molecule has 0 spiro atoms. The zero-order chi connectivity index (χ0) is 12.1. The number of carbonyl (C=O) groups excluding carboxylic acids is 2. The molecule has 5 heteroatoms. The Labute approximate surface area is 98.3 Å². The van der Waals surface area contributed by atoms with Crippen LogP contribution in [0.5, 0.6) is 0 Å². The number of hydrogen-bond donors (Lipinski definition) is 0. The number of Topliss-reactive ketones (excluding diaryl/α,β-unsaturated/α-hetero) is 2. The first-order chi connectivity index (χ1) is 7.52. The van der Waals surface area contributed by atoms with Gasteiger partial charge in [0.2, 0.25) is 0 Å². The van der Waals surface area contributed by atoms with E-state index in [1.165, 1.54) is 13.8 Å². The van der Waals surface area contributed by atoms with Crippen LogP contribution in [0.15, 0.2) is 34.5 Å². The Kier molecular flexibility index (Phi) is 4.31. The molecule has 0 aromatic heterocycles. The minimum Gasteiger partial charge on any atom is -0.297 e. The van der Waals surface area contributed by atoms with E-state index in [0.29, 0.717) is 10.7 Å². The van der Waals surface area contributed by atoms with Crippen molar-refractivity contribution in [3.05, 3.63) is 29.3 Å². The van der Waals surface area contributed by atoms with E-state index < -0.39 is 6.04 Å². The standard InChI is InChI=1S/C11H11ClN2O2/c1-7(15)11(8(2)16)14-13-10-6-4-3-5-9(10)12/h3-6,11H,1-2H3. The van der Waals surface area contributed by atoms with E-state index in [4.69, 9.17) is 11.6 Å². The summed E-state index contributed by atoms with van der Waals surface area (Å²) >= 11 is 5.84. The molecule has 0 unspecified atom stereocenters. The van der Waals surface area contributed by atoms with E-state index in [-0.39, 0.29) is 11.6 Å². The van der Waals surface area contributed by atoms with Gasteiger partial charge in [-0.15, -0.1) is 0 Å². The van der Waals surface area contributed by atoms with Gasteiger partial charge in [-0.2, -0.15) is 10.2 Å². The van der Waals surface area contributed by atoms with Crippen molar-refractivity contribution in [1.82, 2.24) is 0 Å². The molecule has 0 radical (unpaired) electrons. The number of benzene rings is 1. The summed E-state index contributed by atoms with van der Waals surface area (Å²) in [5, 5.41) is 7.92. The van der Waals surface area contributed by atoms with E-state index in [1.807, 2.05) is 0 Å². The summed E-state index contributed by atoms with van der Waals surface area (Å²) in [6.07, 6.45) is 0. The Morgan fingerprint density at radius 3 is 2.25 bits per heavy atom. The second kappa shape index (κ2) is 5.51. The zero-order valence-electron chi connectivity index (χ0n) is 8.98. The highest BCUT2D eigenvalue weighted by atomic mass is 35.5. The molecule has 16 heavy (non-hydrogen) atoms. The van der Waals surface area contributed by atoms with Crippen molar-refractivity contribution in [2.24, 2.45) is 10.2 Å². The molecule has 1 aromatic carbocycles. The summed E-state index contributed by atoms with van der Waals surface area (Å²) in [5.41, 5.74) is 0.441. The lowest BCUT2D eigenvalue weighted by atomic mass is 10.1. The predicted molar refractivity (Wildman–Crippen MR) is 61.1 cm³/mol. The van der Waals surface area contributed by atoms with Gasteiger partial charge in [0.05, 0.1) is 5.02 Å². The van der Waals surface area contributed by atoms with Crippen molar-refractivity contribution in [2.45, 2.75) is 19.9 Å². The molecule has 4 nitrogen and oxygen atoms in total. The number of halogens is 1. The maximum absolute atomic E-state index is 11.1. The van der Waals surface area contributed by atoms with Crippen LogP contribution in [-0.4, -0.2) is 17.6 Å². The SMILES string of the molecule is CC(=O)C(N=Nc1ccccc1Cl)C(C)=O. The summed E-state index contributed by atoms with van der Waals surface area (Å²) in [6.45, 7) is 2.61. The molecule has 1 aromatic rings. The molecule has 1 rings (SSSR count). The fraction of sp³-hybridized carbons (Fsp3) is 0.273. The molecule has 0 bridgehead atoms. The quantitative estimate of drug-likeness (QED) is 0.598. The van der Waals surface area contributed by atoms with Crippen LogP contribution in [0.3, 0.4) is 0 Å². The summed E-state index contributed by atoms with van der Waals surface area (Å²) in [5.74, 6) is -0.661. The molecule has 0 fully saturated rings. The van der Waals surface area contributed by atoms with Gasteiger partial charge in [-0.05, 0) is 26.0 Å². The highest BCUT2D eigenvalue weighted by Gasteiger charge is 2.18. The number of carbonyl (C=O) groups is 2. The van der Waals surface area contributed by atoms with Crippen molar-refractivity contribution in [3.8, 4) is 0 Å². The molecule has 0 aliphatic heterocycles. The first-order valence-electron chi connectivity index (χ1n) is 4.68. The van der Waals surface area contributed by atoms with E-state index in [0.717, 1.165) is 0 Å². The van der Waals surface area contributed by atoms with Gasteiger partial charge >= 0.3 is 0 Å². The lowest BCUT2D eigenvalue weighted by Crippen LogP contribution is -2.23. The first-order valence-corrected chi connectivity index (χ1v) is 5.06. The van der Waals surface area contributed by atoms with Gasteiger partial charge in [-0.25, -0.2) is 0 Å². The molecular formula is C11H11ClN2O2. The fourth-order valence-electron chi connectivity index (χ4n) is 1.10. The van der Waals surface area contributed by atoms with E-state index in [2.05, 4.69) is 10.2 Å². The van der Waals surface area contributed by atoms with Gasteiger partial charge in [-0.1, -0.05) is 23.7 Å². The van der Waals surface area contributed by atoms with Gasteiger partial charge in [0, 0.05) is 0 Å². The number of rotatable bonds is 4. The van der Waals surface area contributed by atoms with Crippen molar-refractivity contribution >= 4 is 28.9 Å². The lowest BCUT2D eigenvalue weighted by Gasteiger charge is -2.02. The largest absolute Gasteiger partial charge is 0.297 e. The van der Waals surface area contributed by atoms with Crippen LogP contribution < -0.4 is 0 Å². The summed E-state index contributed by atoms with van der Waals surface area (Å²) in [4.78, 5) is 22.2. The van der Waals surface area contributed by atoms with Gasteiger partial charge < -0.3 is 0 Å². The third kappa shape index (κ3) is 3.24. The minimum atomic E-state index is -1.03.